The highest BCUT2D eigenvalue weighted by molar-refractivity contribution is 5.92. The third kappa shape index (κ3) is 2.28. The topological polar surface area (TPSA) is 44.0 Å². The van der Waals surface area contributed by atoms with Crippen LogP contribution in [0, 0.1) is 0 Å². The number of nitrogens with one attached hydrogen (secondary N) is 2. The van der Waals surface area contributed by atoms with Crippen LogP contribution in [-0.4, -0.2) is 36.1 Å². The van der Waals surface area contributed by atoms with Crippen LogP contribution in [0.1, 0.15) is 0 Å². The fourth-order valence-electron chi connectivity index (χ4n) is 2.99. The van der Waals surface area contributed by atoms with Crippen LogP contribution in [0.15, 0.2) is 48.8 Å². The summed E-state index contributed by atoms with van der Waals surface area (Å²) >= 11 is 0. The lowest BCUT2D eigenvalue weighted by molar-refractivity contribution is 0.589. The number of nitrogens with zero attached hydrogens (tertiary/aromatic N) is 2. The van der Waals surface area contributed by atoms with Crippen molar-refractivity contribution in [3.63, 3.8) is 0 Å². The van der Waals surface area contributed by atoms with E-state index in [4.69, 9.17) is 0 Å². The Labute approximate surface area is 123 Å². The van der Waals surface area contributed by atoms with Crippen LogP contribution in [0.5, 0.6) is 0 Å². The maximum absolute atomic E-state index is 4.35. The fourth-order valence-corrected chi connectivity index (χ4v) is 2.99. The van der Waals surface area contributed by atoms with Gasteiger partial charge < -0.3 is 15.2 Å². The molecular formula is C17H18N4. The third-order valence-electron chi connectivity index (χ3n) is 4.12. The standard InChI is InChI=1S/C17H18N4/c1-3-14(21-11-9-18-10-12-21)4-2-13(1)15-5-7-19-17-16(15)6-8-20-17/h1-8,18H,9-12H2,(H,19,20). The molecule has 2 N–H and O–H groups in total. The van der Waals surface area contributed by atoms with Crippen LogP contribution in [0.4, 0.5) is 5.69 Å². The molecule has 3 heterocycles. The number of aromatic amines is 1. The van der Waals surface area contributed by atoms with E-state index < -0.39 is 0 Å². The van der Waals surface area contributed by atoms with Gasteiger partial charge in [0.15, 0.2) is 0 Å². The van der Waals surface area contributed by atoms with E-state index in [1.165, 1.54) is 22.2 Å². The monoisotopic (exact) mass is 278 g/mol. The van der Waals surface area contributed by atoms with E-state index in [-0.39, 0.29) is 0 Å². The van der Waals surface area contributed by atoms with Crippen molar-refractivity contribution in [2.24, 2.45) is 0 Å². The van der Waals surface area contributed by atoms with Crippen LogP contribution in [0.25, 0.3) is 22.2 Å². The summed E-state index contributed by atoms with van der Waals surface area (Å²) in [4.78, 5) is 9.94. The van der Waals surface area contributed by atoms with Gasteiger partial charge in [0.05, 0.1) is 0 Å². The van der Waals surface area contributed by atoms with Gasteiger partial charge in [0.1, 0.15) is 5.65 Å². The number of benzene rings is 1. The van der Waals surface area contributed by atoms with Gasteiger partial charge in [-0.2, -0.15) is 0 Å². The van der Waals surface area contributed by atoms with Crippen molar-refractivity contribution in [1.29, 1.82) is 0 Å². The van der Waals surface area contributed by atoms with Crippen molar-refractivity contribution in [1.82, 2.24) is 15.3 Å². The molecule has 0 atom stereocenters. The van der Waals surface area contributed by atoms with E-state index in [1.807, 2.05) is 12.4 Å². The molecule has 0 radical (unpaired) electrons. The number of aromatic nitrogens is 2. The Morgan fingerprint density at radius 2 is 1.76 bits per heavy atom. The highest BCUT2D eigenvalue weighted by Crippen LogP contribution is 2.28. The Balaban J connectivity index is 1.68. The van der Waals surface area contributed by atoms with Crippen molar-refractivity contribution >= 4 is 16.7 Å². The summed E-state index contributed by atoms with van der Waals surface area (Å²) in [6.07, 6.45) is 3.80. The second-order valence-corrected chi connectivity index (χ2v) is 5.38. The lowest BCUT2D eigenvalue weighted by Gasteiger charge is -2.29. The molecule has 2 aromatic heterocycles. The SMILES string of the molecule is c1cc(-c2ccc(N3CCNCC3)cc2)c2cc[nH]c2n1. The van der Waals surface area contributed by atoms with E-state index in [0.717, 1.165) is 31.8 Å². The molecule has 4 rings (SSSR count). The zero-order valence-electron chi connectivity index (χ0n) is 11.8. The van der Waals surface area contributed by atoms with Gasteiger partial charge in [-0.15, -0.1) is 0 Å². The van der Waals surface area contributed by atoms with Crippen molar-refractivity contribution in [3.8, 4) is 11.1 Å². The molecule has 0 aliphatic carbocycles. The van der Waals surface area contributed by atoms with Crippen LogP contribution in [0.3, 0.4) is 0 Å². The average molecular weight is 278 g/mol. The molecule has 4 heteroatoms. The summed E-state index contributed by atoms with van der Waals surface area (Å²) < 4.78 is 0. The van der Waals surface area contributed by atoms with Crippen LogP contribution < -0.4 is 10.2 Å². The van der Waals surface area contributed by atoms with Gasteiger partial charge in [-0.25, -0.2) is 4.98 Å². The number of hydrogen-bond donors (Lipinski definition) is 2. The summed E-state index contributed by atoms with van der Waals surface area (Å²) in [7, 11) is 0. The number of rotatable bonds is 2. The summed E-state index contributed by atoms with van der Waals surface area (Å²) in [5, 5.41) is 4.56. The molecule has 0 saturated carbocycles. The first-order valence-corrected chi connectivity index (χ1v) is 7.40. The number of fused-ring (bicyclic) bond motifs is 1. The smallest absolute Gasteiger partial charge is 0.137 e. The molecule has 1 saturated heterocycles. The minimum absolute atomic E-state index is 0.943. The predicted octanol–water partition coefficient (Wildman–Crippen LogP) is 2.64. The van der Waals surface area contributed by atoms with Gasteiger partial charge in [0, 0.05) is 49.6 Å². The van der Waals surface area contributed by atoms with Gasteiger partial charge in [-0.1, -0.05) is 12.1 Å². The van der Waals surface area contributed by atoms with E-state index in [0.29, 0.717) is 0 Å². The van der Waals surface area contributed by atoms with Gasteiger partial charge in [-0.05, 0) is 35.4 Å². The number of hydrogen-bond acceptors (Lipinski definition) is 3. The highest BCUT2D eigenvalue weighted by Gasteiger charge is 2.11. The quantitative estimate of drug-likeness (QED) is 0.757. The number of H-pyrrole nitrogens is 1. The summed E-state index contributed by atoms with van der Waals surface area (Å²) in [6.45, 7) is 4.29. The van der Waals surface area contributed by atoms with Gasteiger partial charge in [0.2, 0.25) is 0 Å². The zero-order valence-corrected chi connectivity index (χ0v) is 11.8. The molecule has 4 nitrogen and oxygen atoms in total. The minimum atomic E-state index is 0.943. The summed E-state index contributed by atoms with van der Waals surface area (Å²) in [5.41, 5.74) is 4.72. The maximum Gasteiger partial charge on any atom is 0.137 e. The molecule has 1 aliphatic rings. The van der Waals surface area contributed by atoms with Crippen molar-refractivity contribution < 1.29 is 0 Å². The van der Waals surface area contributed by atoms with Crippen molar-refractivity contribution in [2.45, 2.75) is 0 Å². The molecule has 21 heavy (non-hydrogen) atoms. The van der Waals surface area contributed by atoms with Crippen LogP contribution in [-0.2, 0) is 0 Å². The number of piperazine rings is 1. The zero-order chi connectivity index (χ0) is 14.1. The predicted molar refractivity (Wildman–Crippen MR) is 86.6 cm³/mol. The Bertz CT molecular complexity index is 739. The number of anilines is 1. The molecule has 3 aromatic rings. The lowest BCUT2D eigenvalue weighted by atomic mass is 10.0. The molecule has 1 fully saturated rings. The molecule has 0 amide bonds. The molecule has 0 unspecified atom stereocenters. The van der Waals surface area contributed by atoms with Crippen molar-refractivity contribution in [3.05, 3.63) is 48.8 Å². The van der Waals surface area contributed by atoms with E-state index in [2.05, 4.69) is 56.6 Å². The van der Waals surface area contributed by atoms with Gasteiger partial charge >= 0.3 is 0 Å². The summed E-state index contributed by atoms with van der Waals surface area (Å²) in [6, 6.07) is 13.0. The van der Waals surface area contributed by atoms with Crippen molar-refractivity contribution in [2.75, 3.05) is 31.1 Å². The summed E-state index contributed by atoms with van der Waals surface area (Å²) in [5.74, 6) is 0. The second-order valence-electron chi connectivity index (χ2n) is 5.38. The first kappa shape index (κ1) is 12.4. The molecule has 106 valence electrons. The van der Waals surface area contributed by atoms with E-state index in [1.54, 1.807) is 0 Å². The molecule has 0 bridgehead atoms. The largest absolute Gasteiger partial charge is 0.369 e. The third-order valence-corrected chi connectivity index (χ3v) is 4.12. The molecule has 1 aromatic carbocycles. The normalized spacial score (nSPS) is 15.5. The average Bonchev–Trinajstić information content (AvgIpc) is 3.04. The first-order valence-electron chi connectivity index (χ1n) is 7.40. The number of pyridine rings is 1. The maximum atomic E-state index is 4.35. The molecule has 1 aliphatic heterocycles. The Morgan fingerprint density at radius 3 is 2.57 bits per heavy atom. The van der Waals surface area contributed by atoms with E-state index >= 15 is 0 Å². The van der Waals surface area contributed by atoms with Gasteiger partial charge in [-0.3, -0.25) is 0 Å². The highest BCUT2D eigenvalue weighted by atomic mass is 15.2. The van der Waals surface area contributed by atoms with Crippen LogP contribution in [0.2, 0.25) is 0 Å². The molecule has 0 spiro atoms. The Morgan fingerprint density at radius 1 is 0.952 bits per heavy atom. The van der Waals surface area contributed by atoms with Crippen LogP contribution >= 0.6 is 0 Å². The molecular weight excluding hydrogens is 260 g/mol. The second kappa shape index (κ2) is 5.22. The Kier molecular flexibility index (Phi) is 3.09. The minimum Gasteiger partial charge on any atom is -0.369 e. The Hall–Kier alpha value is -2.33. The first-order chi connectivity index (χ1) is 10.4. The van der Waals surface area contributed by atoms with E-state index in [9.17, 15) is 0 Å². The van der Waals surface area contributed by atoms with Gasteiger partial charge in [0.25, 0.3) is 0 Å². The lowest BCUT2D eigenvalue weighted by Crippen LogP contribution is -2.43. The fraction of sp³-hybridized carbons (Fsp3) is 0.235.